The van der Waals surface area contributed by atoms with Crippen molar-refractivity contribution < 1.29 is 19.4 Å². The summed E-state index contributed by atoms with van der Waals surface area (Å²) in [6.45, 7) is 2.82. The fourth-order valence-corrected chi connectivity index (χ4v) is 4.20. The Morgan fingerprint density at radius 2 is 1.88 bits per heavy atom. The molecule has 0 aliphatic carbocycles. The van der Waals surface area contributed by atoms with Gasteiger partial charge >= 0.3 is 0 Å². The van der Waals surface area contributed by atoms with Gasteiger partial charge in [-0.1, -0.05) is 59.4 Å². The second-order valence-corrected chi connectivity index (χ2v) is 8.60. The van der Waals surface area contributed by atoms with Crippen LogP contribution < -0.4 is 9.47 Å². The van der Waals surface area contributed by atoms with Gasteiger partial charge in [-0.3, -0.25) is 4.79 Å². The largest absolute Gasteiger partial charge is 0.507 e. The maximum atomic E-state index is 12.9. The molecule has 2 aromatic carbocycles. The van der Waals surface area contributed by atoms with Gasteiger partial charge < -0.3 is 14.6 Å². The van der Waals surface area contributed by atoms with E-state index in [4.69, 9.17) is 9.47 Å². The van der Waals surface area contributed by atoms with Crippen LogP contribution in [0.3, 0.4) is 0 Å². The summed E-state index contributed by atoms with van der Waals surface area (Å²) in [5, 5.41) is 10.0. The predicted octanol–water partition coefficient (Wildman–Crippen LogP) is 5.32. The third-order valence-corrected chi connectivity index (χ3v) is 6.99. The molecule has 0 amide bonds. The average Bonchev–Trinajstić information content (AvgIpc) is 2.61. The summed E-state index contributed by atoms with van der Waals surface area (Å²) >= 11 is 10.5. The molecule has 0 spiro atoms. The lowest BCUT2D eigenvalue weighted by Crippen LogP contribution is -2.22. The Balaban J connectivity index is 1.95. The van der Waals surface area contributed by atoms with Gasteiger partial charge in [-0.2, -0.15) is 0 Å². The molecule has 3 rings (SSSR count). The van der Waals surface area contributed by atoms with E-state index in [1.54, 1.807) is 12.1 Å². The first kappa shape index (κ1) is 18.7. The monoisotopic (exact) mass is 532 g/mol. The third-order valence-electron chi connectivity index (χ3n) is 3.86. The number of ether oxygens (including phenoxy) is 2. The molecule has 132 valence electrons. The number of fused-ring (bicyclic) bond motifs is 1. The molecule has 1 N–H and O–H groups in total. The minimum atomic E-state index is -0.593. The predicted molar refractivity (Wildman–Crippen MR) is 107 cm³/mol. The maximum absolute atomic E-state index is 12.9. The van der Waals surface area contributed by atoms with Gasteiger partial charge in [0.2, 0.25) is 0 Å². The fraction of sp³-hybridized carbons (Fsp3) is 0.278. The molecule has 0 aromatic heterocycles. The van der Waals surface area contributed by atoms with Gasteiger partial charge in [-0.05, 0) is 31.2 Å². The number of benzene rings is 2. The molecule has 4 nitrogen and oxygen atoms in total. The molecular formula is C18H15Br3O4. The van der Waals surface area contributed by atoms with Gasteiger partial charge in [-0.25, -0.2) is 0 Å². The Labute approximate surface area is 170 Å². The normalized spacial score (nSPS) is 15.5. The number of hydrogen-bond donors (Lipinski definition) is 1. The molecule has 0 fully saturated rings. The van der Waals surface area contributed by atoms with Crippen LogP contribution in [0, 0.1) is 6.92 Å². The Kier molecular flexibility index (Phi) is 5.75. The van der Waals surface area contributed by atoms with Gasteiger partial charge in [-0.15, -0.1) is 0 Å². The van der Waals surface area contributed by atoms with Crippen molar-refractivity contribution in [2.24, 2.45) is 0 Å². The van der Waals surface area contributed by atoms with Crippen LogP contribution in [0.25, 0.3) is 0 Å². The maximum Gasteiger partial charge on any atom is 0.181 e. The quantitative estimate of drug-likeness (QED) is 0.426. The number of phenolic OH excluding ortho intramolecular Hbond substituents is 1. The molecule has 0 saturated heterocycles. The van der Waals surface area contributed by atoms with Crippen molar-refractivity contribution >= 4 is 53.6 Å². The standard InChI is InChI=1S/C18H15Br3O4/c1-9-2-3-13(22)11(6-9)17(23)16(21)15(20)12-7-10(19)8-14-18(12)25-5-4-24-14/h2-3,6-8,15-16,22H,4-5H2,1H3/t15-,16+/m0/s1. The first-order valence-electron chi connectivity index (χ1n) is 7.59. The molecule has 7 heteroatoms. The van der Waals surface area contributed by atoms with E-state index in [1.165, 1.54) is 6.07 Å². The van der Waals surface area contributed by atoms with E-state index < -0.39 is 4.83 Å². The smallest absolute Gasteiger partial charge is 0.181 e. The summed E-state index contributed by atoms with van der Waals surface area (Å²) < 4.78 is 12.2. The Bertz CT molecular complexity index is 822. The number of carbonyl (C=O) groups excluding carboxylic acids is 1. The van der Waals surface area contributed by atoms with E-state index in [-0.39, 0.29) is 21.9 Å². The van der Waals surface area contributed by atoms with Gasteiger partial charge in [0.15, 0.2) is 17.3 Å². The second-order valence-electron chi connectivity index (χ2n) is 5.71. The summed E-state index contributed by atoms with van der Waals surface area (Å²) in [4.78, 5) is 11.9. The molecule has 1 aliphatic rings. The minimum Gasteiger partial charge on any atom is -0.507 e. The van der Waals surface area contributed by atoms with Crippen molar-refractivity contribution in [3.05, 3.63) is 51.5 Å². The molecule has 1 aliphatic heterocycles. The van der Waals surface area contributed by atoms with E-state index in [2.05, 4.69) is 47.8 Å². The zero-order valence-corrected chi connectivity index (χ0v) is 18.0. The minimum absolute atomic E-state index is 0.0318. The molecule has 1 heterocycles. The molecule has 0 saturated carbocycles. The van der Waals surface area contributed by atoms with Crippen LogP contribution in [0.1, 0.15) is 26.3 Å². The summed E-state index contributed by atoms with van der Waals surface area (Å²) in [6, 6.07) is 8.71. The van der Waals surface area contributed by atoms with Crippen molar-refractivity contribution in [2.75, 3.05) is 13.2 Å². The number of Topliss-reactive ketones (excluding diaryl/α,β-unsaturated/α-hetero) is 1. The molecular weight excluding hydrogens is 520 g/mol. The van der Waals surface area contributed by atoms with Gasteiger partial charge in [0.1, 0.15) is 19.0 Å². The lowest BCUT2D eigenvalue weighted by Gasteiger charge is -2.25. The Hall–Kier alpha value is -1.05. The number of alkyl halides is 2. The average molecular weight is 535 g/mol. The van der Waals surface area contributed by atoms with E-state index in [9.17, 15) is 9.90 Å². The third kappa shape index (κ3) is 3.88. The lowest BCUT2D eigenvalue weighted by molar-refractivity contribution is 0.0987. The Morgan fingerprint density at radius 3 is 2.64 bits per heavy atom. The highest BCUT2D eigenvalue weighted by molar-refractivity contribution is 9.12. The SMILES string of the molecule is Cc1ccc(O)c(C(=O)[C@H](Br)[C@@H](Br)c2cc(Br)cc3c2OCCO3)c1. The molecule has 2 atom stereocenters. The van der Waals surface area contributed by atoms with Crippen molar-refractivity contribution in [2.45, 2.75) is 16.6 Å². The number of hydrogen-bond acceptors (Lipinski definition) is 4. The summed E-state index contributed by atoms with van der Waals surface area (Å²) in [7, 11) is 0. The van der Waals surface area contributed by atoms with Crippen LogP contribution in [0.5, 0.6) is 17.2 Å². The van der Waals surface area contributed by atoms with Crippen LogP contribution >= 0.6 is 47.8 Å². The topological polar surface area (TPSA) is 55.8 Å². The van der Waals surface area contributed by atoms with Crippen molar-refractivity contribution in [3.63, 3.8) is 0 Å². The first-order chi connectivity index (χ1) is 11.9. The first-order valence-corrected chi connectivity index (χ1v) is 10.2. The van der Waals surface area contributed by atoms with E-state index in [0.717, 1.165) is 15.6 Å². The van der Waals surface area contributed by atoms with Crippen LogP contribution in [-0.4, -0.2) is 28.9 Å². The number of aryl methyl sites for hydroxylation is 1. The summed E-state index contributed by atoms with van der Waals surface area (Å²) in [5.74, 6) is 1.02. The molecule has 0 radical (unpaired) electrons. The summed E-state index contributed by atoms with van der Waals surface area (Å²) in [6.07, 6.45) is 0. The fourth-order valence-electron chi connectivity index (χ4n) is 2.64. The molecule has 25 heavy (non-hydrogen) atoms. The lowest BCUT2D eigenvalue weighted by atomic mass is 9.99. The van der Waals surface area contributed by atoms with Gasteiger partial charge in [0.25, 0.3) is 0 Å². The molecule has 2 aromatic rings. The van der Waals surface area contributed by atoms with E-state index >= 15 is 0 Å². The van der Waals surface area contributed by atoms with Gasteiger partial charge in [0.05, 0.1) is 15.2 Å². The van der Waals surface area contributed by atoms with Crippen LogP contribution in [0.2, 0.25) is 0 Å². The van der Waals surface area contributed by atoms with Crippen molar-refractivity contribution in [1.82, 2.24) is 0 Å². The van der Waals surface area contributed by atoms with Crippen LogP contribution in [0.4, 0.5) is 0 Å². The number of rotatable bonds is 4. The number of halogens is 3. The molecule has 0 bridgehead atoms. The highest BCUT2D eigenvalue weighted by atomic mass is 79.9. The number of aromatic hydroxyl groups is 1. The highest BCUT2D eigenvalue weighted by Crippen LogP contribution is 2.45. The second kappa shape index (κ2) is 7.68. The zero-order chi connectivity index (χ0) is 18.1. The number of carbonyl (C=O) groups is 1. The summed E-state index contributed by atoms with van der Waals surface area (Å²) in [5.41, 5.74) is 1.99. The zero-order valence-electron chi connectivity index (χ0n) is 13.3. The van der Waals surface area contributed by atoms with Crippen LogP contribution in [0.15, 0.2) is 34.8 Å². The number of ketones is 1. The molecule has 0 unspecified atom stereocenters. The van der Waals surface area contributed by atoms with Crippen molar-refractivity contribution in [1.29, 1.82) is 0 Å². The number of phenols is 1. The van der Waals surface area contributed by atoms with Gasteiger partial charge in [0, 0.05) is 10.0 Å². The van der Waals surface area contributed by atoms with E-state index in [0.29, 0.717) is 24.7 Å². The Morgan fingerprint density at radius 1 is 1.16 bits per heavy atom. The van der Waals surface area contributed by atoms with E-state index in [1.807, 2.05) is 19.1 Å². The van der Waals surface area contributed by atoms with Crippen molar-refractivity contribution in [3.8, 4) is 17.2 Å². The highest BCUT2D eigenvalue weighted by Gasteiger charge is 2.32. The van der Waals surface area contributed by atoms with Crippen LogP contribution in [-0.2, 0) is 0 Å².